The summed E-state index contributed by atoms with van der Waals surface area (Å²) in [6.45, 7) is 0. The quantitative estimate of drug-likeness (QED) is 0.498. The molecule has 4 nitrogen and oxygen atoms in total. The van der Waals surface area contributed by atoms with Gasteiger partial charge in [-0.15, -0.1) is 0 Å². The first-order chi connectivity index (χ1) is 11.8. The molecule has 1 atom stereocenters. The molecule has 0 aromatic heterocycles. The van der Waals surface area contributed by atoms with E-state index in [9.17, 15) is 5.11 Å². The molecule has 0 radical (unpaired) electrons. The second-order valence-corrected chi connectivity index (χ2v) is 5.45. The Bertz CT molecular complexity index is 678. The third kappa shape index (κ3) is 4.51. The maximum atomic E-state index is 10.6. The van der Waals surface area contributed by atoms with Crippen LogP contribution in [0.2, 0.25) is 0 Å². The van der Waals surface area contributed by atoms with Crippen LogP contribution in [0.5, 0.6) is 0 Å². The highest BCUT2D eigenvalue weighted by Crippen LogP contribution is 2.15. The fourth-order valence-electron chi connectivity index (χ4n) is 2.41. The standard InChI is InChI=1S/C20H21N3O/c24-20(23-18-14-8-3-9-15-18)19(21-16-10-4-1-5-11-16)22-17-12-6-2-7-13-17/h1-15,19-24H. The number of aliphatic hydroxyl groups is 1. The summed E-state index contributed by atoms with van der Waals surface area (Å²) in [6.07, 6.45) is -1.23. The van der Waals surface area contributed by atoms with E-state index in [2.05, 4.69) is 16.0 Å². The second kappa shape index (κ2) is 8.04. The van der Waals surface area contributed by atoms with Crippen molar-refractivity contribution in [2.45, 2.75) is 12.4 Å². The Morgan fingerprint density at radius 3 is 1.21 bits per heavy atom. The highest BCUT2D eigenvalue weighted by Gasteiger charge is 2.19. The largest absolute Gasteiger partial charge is 0.370 e. The molecule has 3 aromatic carbocycles. The molecule has 0 fully saturated rings. The van der Waals surface area contributed by atoms with E-state index in [0.717, 1.165) is 17.1 Å². The number of nitrogens with one attached hydrogen (secondary N) is 3. The second-order valence-electron chi connectivity index (χ2n) is 5.45. The molecule has 0 aliphatic heterocycles. The van der Waals surface area contributed by atoms with Crippen LogP contribution in [0.15, 0.2) is 91.0 Å². The summed E-state index contributed by atoms with van der Waals surface area (Å²) in [5, 5.41) is 20.4. The Morgan fingerprint density at radius 2 is 0.833 bits per heavy atom. The van der Waals surface area contributed by atoms with Gasteiger partial charge in [-0.1, -0.05) is 54.6 Å². The average Bonchev–Trinajstić information content (AvgIpc) is 2.64. The lowest BCUT2D eigenvalue weighted by molar-refractivity contribution is 0.189. The van der Waals surface area contributed by atoms with Crippen LogP contribution in [0.4, 0.5) is 17.1 Å². The van der Waals surface area contributed by atoms with E-state index < -0.39 is 12.4 Å². The zero-order valence-corrected chi connectivity index (χ0v) is 13.3. The Morgan fingerprint density at radius 1 is 0.500 bits per heavy atom. The first-order valence-electron chi connectivity index (χ1n) is 7.94. The molecule has 0 spiro atoms. The molecular weight excluding hydrogens is 298 g/mol. The Balaban J connectivity index is 1.75. The molecule has 3 rings (SSSR count). The number of rotatable bonds is 7. The van der Waals surface area contributed by atoms with Crippen LogP contribution in [0.3, 0.4) is 0 Å². The minimum Gasteiger partial charge on any atom is -0.370 e. The topological polar surface area (TPSA) is 56.3 Å². The van der Waals surface area contributed by atoms with E-state index in [1.807, 2.05) is 91.0 Å². The predicted octanol–water partition coefficient (Wildman–Crippen LogP) is 3.97. The van der Waals surface area contributed by atoms with Crippen molar-refractivity contribution in [2.24, 2.45) is 0 Å². The Kier molecular flexibility index (Phi) is 5.32. The lowest BCUT2D eigenvalue weighted by atomic mass is 10.2. The van der Waals surface area contributed by atoms with Gasteiger partial charge in [0.15, 0.2) is 6.23 Å². The van der Waals surface area contributed by atoms with Gasteiger partial charge in [0.1, 0.15) is 6.17 Å². The summed E-state index contributed by atoms with van der Waals surface area (Å²) in [7, 11) is 0. The first-order valence-corrected chi connectivity index (χ1v) is 7.94. The molecule has 0 saturated carbocycles. The molecule has 4 heteroatoms. The zero-order valence-electron chi connectivity index (χ0n) is 13.3. The number of aliphatic hydroxyl groups excluding tert-OH is 1. The fraction of sp³-hybridized carbons (Fsp3) is 0.100. The third-order valence-electron chi connectivity index (χ3n) is 3.60. The van der Waals surface area contributed by atoms with E-state index in [0.29, 0.717) is 0 Å². The average molecular weight is 319 g/mol. The van der Waals surface area contributed by atoms with Crippen molar-refractivity contribution < 1.29 is 5.11 Å². The van der Waals surface area contributed by atoms with Gasteiger partial charge in [0.25, 0.3) is 0 Å². The summed E-state index contributed by atoms with van der Waals surface area (Å²) < 4.78 is 0. The van der Waals surface area contributed by atoms with Crippen LogP contribution in [0.25, 0.3) is 0 Å². The number of hydrogen-bond donors (Lipinski definition) is 4. The van der Waals surface area contributed by atoms with Gasteiger partial charge in [0, 0.05) is 17.1 Å². The number of para-hydroxylation sites is 3. The van der Waals surface area contributed by atoms with Crippen LogP contribution in [0.1, 0.15) is 0 Å². The molecule has 122 valence electrons. The lowest BCUT2D eigenvalue weighted by Crippen LogP contribution is -2.44. The van der Waals surface area contributed by atoms with Gasteiger partial charge >= 0.3 is 0 Å². The van der Waals surface area contributed by atoms with Gasteiger partial charge in [0.05, 0.1) is 0 Å². The molecule has 0 saturated heterocycles. The van der Waals surface area contributed by atoms with E-state index >= 15 is 0 Å². The minimum atomic E-state index is -0.826. The molecule has 0 aliphatic carbocycles. The van der Waals surface area contributed by atoms with Gasteiger partial charge in [-0.25, -0.2) is 0 Å². The van der Waals surface area contributed by atoms with Gasteiger partial charge in [0.2, 0.25) is 0 Å². The van der Waals surface area contributed by atoms with Crippen molar-refractivity contribution in [3.05, 3.63) is 91.0 Å². The molecule has 4 N–H and O–H groups in total. The maximum Gasteiger partial charge on any atom is 0.163 e. The Labute approximate surface area is 142 Å². The van der Waals surface area contributed by atoms with Crippen LogP contribution in [0, 0.1) is 0 Å². The molecule has 0 bridgehead atoms. The summed E-state index contributed by atoms with van der Waals surface area (Å²) in [4.78, 5) is 0. The third-order valence-corrected chi connectivity index (χ3v) is 3.60. The maximum absolute atomic E-state index is 10.6. The molecule has 0 heterocycles. The van der Waals surface area contributed by atoms with Crippen molar-refractivity contribution >= 4 is 17.1 Å². The van der Waals surface area contributed by atoms with Crippen molar-refractivity contribution in [1.82, 2.24) is 0 Å². The molecule has 3 aromatic rings. The molecule has 24 heavy (non-hydrogen) atoms. The van der Waals surface area contributed by atoms with Gasteiger partial charge in [-0.3, -0.25) is 0 Å². The van der Waals surface area contributed by atoms with Crippen LogP contribution < -0.4 is 16.0 Å². The van der Waals surface area contributed by atoms with Crippen molar-refractivity contribution in [3.8, 4) is 0 Å². The summed E-state index contributed by atoms with van der Waals surface area (Å²) in [5.41, 5.74) is 2.72. The minimum absolute atomic E-state index is 0.407. The SMILES string of the molecule is OC(Nc1ccccc1)C(Nc1ccccc1)Nc1ccccc1. The monoisotopic (exact) mass is 319 g/mol. The lowest BCUT2D eigenvalue weighted by Gasteiger charge is -2.28. The van der Waals surface area contributed by atoms with E-state index in [-0.39, 0.29) is 0 Å². The molecular formula is C20H21N3O. The van der Waals surface area contributed by atoms with Gasteiger partial charge in [-0.2, -0.15) is 0 Å². The summed E-state index contributed by atoms with van der Waals surface area (Å²) in [6, 6.07) is 29.3. The highest BCUT2D eigenvalue weighted by molar-refractivity contribution is 5.51. The van der Waals surface area contributed by atoms with Gasteiger partial charge < -0.3 is 21.1 Å². The van der Waals surface area contributed by atoms with E-state index in [1.54, 1.807) is 0 Å². The first kappa shape index (κ1) is 15.9. The fourth-order valence-corrected chi connectivity index (χ4v) is 2.41. The van der Waals surface area contributed by atoms with Crippen molar-refractivity contribution in [1.29, 1.82) is 0 Å². The van der Waals surface area contributed by atoms with Crippen molar-refractivity contribution in [3.63, 3.8) is 0 Å². The number of hydrogen-bond acceptors (Lipinski definition) is 4. The molecule has 1 unspecified atom stereocenters. The van der Waals surface area contributed by atoms with Crippen LogP contribution in [-0.4, -0.2) is 17.5 Å². The predicted molar refractivity (Wildman–Crippen MR) is 100.0 cm³/mol. The highest BCUT2D eigenvalue weighted by atomic mass is 16.3. The van der Waals surface area contributed by atoms with Gasteiger partial charge in [-0.05, 0) is 36.4 Å². The van der Waals surface area contributed by atoms with E-state index in [1.165, 1.54) is 0 Å². The van der Waals surface area contributed by atoms with Crippen molar-refractivity contribution in [2.75, 3.05) is 16.0 Å². The van der Waals surface area contributed by atoms with Crippen LogP contribution in [-0.2, 0) is 0 Å². The number of anilines is 3. The molecule has 0 aliphatic rings. The summed E-state index contributed by atoms with van der Waals surface area (Å²) in [5.74, 6) is 0. The zero-order chi connectivity index (χ0) is 16.6. The summed E-state index contributed by atoms with van der Waals surface area (Å²) >= 11 is 0. The Hall–Kier alpha value is -2.98. The van der Waals surface area contributed by atoms with Crippen LogP contribution >= 0.6 is 0 Å². The molecule has 0 amide bonds. The smallest absolute Gasteiger partial charge is 0.163 e. The number of benzene rings is 3. The normalized spacial score (nSPS) is 11.8. The van der Waals surface area contributed by atoms with E-state index in [4.69, 9.17) is 0 Å².